The van der Waals surface area contributed by atoms with Gasteiger partial charge in [0.2, 0.25) is 0 Å². The predicted molar refractivity (Wildman–Crippen MR) is 75.0 cm³/mol. The Labute approximate surface area is 120 Å². The lowest BCUT2D eigenvalue weighted by Gasteiger charge is -2.09. The Morgan fingerprint density at radius 2 is 2.05 bits per heavy atom. The molecule has 0 aliphatic heterocycles. The third-order valence-corrected chi connectivity index (χ3v) is 3.07. The SMILES string of the molecule is CCOc1ccc(-c2ccc(F)c(C(=O)O)c2)c(Cl)c1. The van der Waals surface area contributed by atoms with E-state index < -0.39 is 11.8 Å². The summed E-state index contributed by atoms with van der Waals surface area (Å²) < 4.78 is 18.7. The topological polar surface area (TPSA) is 46.5 Å². The van der Waals surface area contributed by atoms with Gasteiger partial charge in [0.05, 0.1) is 17.2 Å². The summed E-state index contributed by atoms with van der Waals surface area (Å²) in [5.41, 5.74) is 0.780. The van der Waals surface area contributed by atoms with Crippen LogP contribution >= 0.6 is 11.6 Å². The molecule has 104 valence electrons. The molecule has 2 rings (SSSR count). The van der Waals surface area contributed by atoms with E-state index in [1.54, 1.807) is 18.2 Å². The molecular formula is C15H12ClFO3. The summed E-state index contributed by atoms with van der Waals surface area (Å²) in [6.45, 7) is 2.39. The van der Waals surface area contributed by atoms with Crippen molar-refractivity contribution in [3.8, 4) is 16.9 Å². The van der Waals surface area contributed by atoms with Crippen LogP contribution in [-0.2, 0) is 0 Å². The Kier molecular flexibility index (Phi) is 4.25. The fourth-order valence-electron chi connectivity index (χ4n) is 1.84. The van der Waals surface area contributed by atoms with E-state index in [2.05, 4.69) is 0 Å². The molecule has 0 heterocycles. The number of aromatic carboxylic acids is 1. The first kappa shape index (κ1) is 14.3. The normalized spacial score (nSPS) is 10.3. The second-order valence-electron chi connectivity index (χ2n) is 4.07. The lowest BCUT2D eigenvalue weighted by molar-refractivity contribution is 0.0692. The highest BCUT2D eigenvalue weighted by Gasteiger charge is 2.13. The van der Waals surface area contributed by atoms with Crippen molar-refractivity contribution in [1.82, 2.24) is 0 Å². The molecule has 1 N–H and O–H groups in total. The van der Waals surface area contributed by atoms with Crippen LogP contribution in [0.15, 0.2) is 36.4 Å². The molecule has 0 fully saturated rings. The van der Waals surface area contributed by atoms with E-state index in [1.807, 2.05) is 6.92 Å². The fourth-order valence-corrected chi connectivity index (χ4v) is 2.12. The van der Waals surface area contributed by atoms with E-state index in [4.69, 9.17) is 21.4 Å². The first-order valence-electron chi connectivity index (χ1n) is 5.98. The van der Waals surface area contributed by atoms with Gasteiger partial charge in [-0.15, -0.1) is 0 Å². The van der Waals surface area contributed by atoms with Crippen molar-refractivity contribution in [1.29, 1.82) is 0 Å². The van der Waals surface area contributed by atoms with E-state index in [0.717, 1.165) is 6.07 Å². The summed E-state index contributed by atoms with van der Waals surface area (Å²) in [6, 6.07) is 8.96. The quantitative estimate of drug-likeness (QED) is 0.917. The molecule has 0 spiro atoms. The van der Waals surface area contributed by atoms with Crippen LogP contribution in [0.1, 0.15) is 17.3 Å². The Bertz CT molecular complexity index is 656. The number of halogens is 2. The molecule has 3 nitrogen and oxygen atoms in total. The third-order valence-electron chi connectivity index (χ3n) is 2.76. The standard InChI is InChI=1S/C15H12ClFO3/c1-2-20-10-4-5-11(13(16)8-10)9-3-6-14(17)12(7-9)15(18)19/h3-8H,2H2,1H3,(H,18,19). The minimum atomic E-state index is -1.31. The lowest BCUT2D eigenvalue weighted by Crippen LogP contribution is -2.00. The summed E-state index contributed by atoms with van der Waals surface area (Å²) in [5.74, 6) is -1.46. The van der Waals surface area contributed by atoms with Crippen molar-refractivity contribution in [3.63, 3.8) is 0 Å². The molecule has 2 aromatic rings. The molecule has 0 bridgehead atoms. The van der Waals surface area contributed by atoms with Gasteiger partial charge in [-0.1, -0.05) is 17.7 Å². The minimum Gasteiger partial charge on any atom is -0.494 e. The number of hydrogen-bond donors (Lipinski definition) is 1. The molecule has 0 saturated carbocycles. The summed E-state index contributed by atoms with van der Waals surface area (Å²) >= 11 is 6.15. The largest absolute Gasteiger partial charge is 0.494 e. The van der Waals surface area contributed by atoms with Crippen LogP contribution in [0.3, 0.4) is 0 Å². The molecule has 5 heteroatoms. The van der Waals surface area contributed by atoms with Crippen LogP contribution in [0.4, 0.5) is 4.39 Å². The van der Waals surface area contributed by atoms with E-state index in [9.17, 15) is 9.18 Å². The summed E-state index contributed by atoms with van der Waals surface area (Å²) in [6.07, 6.45) is 0. The summed E-state index contributed by atoms with van der Waals surface area (Å²) in [4.78, 5) is 10.9. The molecule has 0 amide bonds. The van der Waals surface area contributed by atoms with Crippen LogP contribution in [0, 0.1) is 5.82 Å². The van der Waals surface area contributed by atoms with Gasteiger partial charge < -0.3 is 9.84 Å². The van der Waals surface area contributed by atoms with E-state index in [1.165, 1.54) is 12.1 Å². The average molecular weight is 295 g/mol. The lowest BCUT2D eigenvalue weighted by atomic mass is 10.0. The second-order valence-corrected chi connectivity index (χ2v) is 4.48. The first-order chi connectivity index (χ1) is 9.52. The van der Waals surface area contributed by atoms with Gasteiger partial charge in [0.1, 0.15) is 11.6 Å². The smallest absolute Gasteiger partial charge is 0.338 e. The summed E-state index contributed by atoms with van der Waals surface area (Å²) in [7, 11) is 0. The van der Waals surface area contributed by atoms with E-state index in [-0.39, 0.29) is 5.56 Å². The zero-order chi connectivity index (χ0) is 14.7. The average Bonchev–Trinajstić information content (AvgIpc) is 2.40. The maximum Gasteiger partial charge on any atom is 0.338 e. The van der Waals surface area contributed by atoms with Crippen molar-refractivity contribution in [2.45, 2.75) is 6.92 Å². The minimum absolute atomic E-state index is 0.382. The number of carboxylic acids is 1. The Morgan fingerprint density at radius 3 is 2.65 bits per heavy atom. The molecular weight excluding hydrogens is 283 g/mol. The highest BCUT2D eigenvalue weighted by molar-refractivity contribution is 6.33. The van der Waals surface area contributed by atoms with Crippen molar-refractivity contribution >= 4 is 17.6 Å². The molecule has 0 unspecified atom stereocenters. The predicted octanol–water partition coefficient (Wildman–Crippen LogP) is 4.24. The van der Waals surface area contributed by atoms with Gasteiger partial charge in [0.25, 0.3) is 0 Å². The number of benzene rings is 2. The van der Waals surface area contributed by atoms with Crippen LogP contribution in [-0.4, -0.2) is 17.7 Å². The van der Waals surface area contributed by atoms with Crippen LogP contribution in [0.25, 0.3) is 11.1 Å². The highest BCUT2D eigenvalue weighted by atomic mass is 35.5. The zero-order valence-electron chi connectivity index (χ0n) is 10.7. The maximum absolute atomic E-state index is 13.4. The van der Waals surface area contributed by atoms with Crippen molar-refractivity contribution in [3.05, 3.63) is 52.8 Å². The third kappa shape index (κ3) is 2.91. The molecule has 0 aromatic heterocycles. The molecule has 0 radical (unpaired) electrons. The molecule has 0 aliphatic rings. The Morgan fingerprint density at radius 1 is 1.30 bits per heavy atom. The van der Waals surface area contributed by atoms with Gasteiger partial charge in [0.15, 0.2) is 0 Å². The Hall–Kier alpha value is -2.07. The molecule has 2 aromatic carbocycles. The van der Waals surface area contributed by atoms with Gasteiger partial charge >= 0.3 is 5.97 Å². The van der Waals surface area contributed by atoms with E-state index in [0.29, 0.717) is 28.5 Å². The number of hydrogen-bond acceptors (Lipinski definition) is 2. The van der Waals surface area contributed by atoms with Gasteiger partial charge in [0, 0.05) is 5.56 Å². The number of ether oxygens (including phenoxy) is 1. The summed E-state index contributed by atoms with van der Waals surface area (Å²) in [5, 5.41) is 9.34. The van der Waals surface area contributed by atoms with Crippen molar-refractivity contribution in [2.75, 3.05) is 6.61 Å². The number of carboxylic acid groups (broad SMARTS) is 1. The van der Waals surface area contributed by atoms with E-state index >= 15 is 0 Å². The molecule has 0 saturated heterocycles. The molecule has 0 aliphatic carbocycles. The van der Waals surface area contributed by atoms with Crippen LogP contribution in [0.5, 0.6) is 5.75 Å². The van der Waals surface area contributed by atoms with Gasteiger partial charge in [-0.3, -0.25) is 0 Å². The van der Waals surface area contributed by atoms with Crippen LogP contribution < -0.4 is 4.74 Å². The molecule has 0 atom stereocenters. The Balaban J connectivity index is 2.46. The molecule has 20 heavy (non-hydrogen) atoms. The van der Waals surface area contributed by atoms with Gasteiger partial charge in [-0.2, -0.15) is 0 Å². The first-order valence-corrected chi connectivity index (χ1v) is 6.36. The number of carbonyl (C=O) groups is 1. The van der Waals surface area contributed by atoms with Crippen LogP contribution in [0.2, 0.25) is 5.02 Å². The maximum atomic E-state index is 13.4. The highest BCUT2D eigenvalue weighted by Crippen LogP contribution is 2.32. The zero-order valence-corrected chi connectivity index (χ0v) is 11.4. The number of rotatable bonds is 4. The monoisotopic (exact) mass is 294 g/mol. The second kappa shape index (κ2) is 5.92. The van der Waals surface area contributed by atoms with Crippen molar-refractivity contribution in [2.24, 2.45) is 0 Å². The van der Waals surface area contributed by atoms with Gasteiger partial charge in [-0.05, 0) is 42.8 Å². The fraction of sp³-hybridized carbons (Fsp3) is 0.133. The van der Waals surface area contributed by atoms with Crippen molar-refractivity contribution < 1.29 is 19.0 Å². The van der Waals surface area contributed by atoms with Gasteiger partial charge in [-0.25, -0.2) is 9.18 Å².